The zero-order valence-corrected chi connectivity index (χ0v) is 14.8. The van der Waals surface area contributed by atoms with E-state index in [1.807, 2.05) is 13.0 Å². The maximum atomic E-state index is 5.04. The molecule has 1 fully saturated rings. The van der Waals surface area contributed by atoms with Crippen LogP contribution in [-0.2, 0) is 0 Å². The summed E-state index contributed by atoms with van der Waals surface area (Å²) in [5.74, 6) is 2.50. The number of piperidine rings is 1. The van der Waals surface area contributed by atoms with E-state index in [0.29, 0.717) is 17.6 Å². The van der Waals surface area contributed by atoms with Crippen LogP contribution >= 0.6 is 0 Å². The molecule has 0 atom stereocenters. The Balaban J connectivity index is 1.42. The summed E-state index contributed by atoms with van der Waals surface area (Å²) in [4.78, 5) is 11.1. The molecule has 134 valence electrons. The van der Waals surface area contributed by atoms with E-state index in [1.165, 1.54) is 24.9 Å². The molecule has 3 aromatic rings. The van der Waals surface area contributed by atoms with E-state index in [0.717, 1.165) is 24.5 Å². The maximum absolute atomic E-state index is 5.04. The van der Waals surface area contributed by atoms with E-state index in [-0.39, 0.29) is 0 Å². The van der Waals surface area contributed by atoms with Crippen LogP contribution in [0.15, 0.2) is 47.1 Å². The maximum Gasteiger partial charge on any atom is 0.230 e. The van der Waals surface area contributed by atoms with E-state index >= 15 is 0 Å². The van der Waals surface area contributed by atoms with E-state index in [2.05, 4.69) is 54.9 Å². The van der Waals surface area contributed by atoms with Gasteiger partial charge in [-0.25, -0.2) is 4.98 Å². The van der Waals surface area contributed by atoms with Crippen LogP contribution in [0.5, 0.6) is 0 Å². The Labute approximate surface area is 152 Å². The first kappa shape index (κ1) is 16.4. The molecular weight excluding hydrogens is 328 g/mol. The van der Waals surface area contributed by atoms with E-state index in [4.69, 9.17) is 4.52 Å². The van der Waals surface area contributed by atoms with Crippen LogP contribution in [0.25, 0.3) is 0 Å². The van der Waals surface area contributed by atoms with E-state index in [1.54, 1.807) is 12.3 Å². The molecule has 2 N–H and O–H groups in total. The summed E-state index contributed by atoms with van der Waals surface area (Å²) in [7, 11) is 0. The lowest BCUT2D eigenvalue weighted by Crippen LogP contribution is -2.29. The Morgan fingerprint density at radius 2 is 1.77 bits per heavy atom. The Hall–Kier alpha value is -3.09. The topological polar surface area (TPSA) is 79.1 Å². The summed E-state index contributed by atoms with van der Waals surface area (Å²) < 4.78 is 5.04. The van der Waals surface area contributed by atoms with Gasteiger partial charge in [-0.1, -0.05) is 5.16 Å². The van der Waals surface area contributed by atoms with Crippen LogP contribution in [0.4, 0.5) is 29.0 Å². The SMILES string of the molecule is Cc1cc(Nc2nccc(Nc3ccc(N4CCCCC4)cc3)n2)no1. The average molecular weight is 350 g/mol. The summed E-state index contributed by atoms with van der Waals surface area (Å²) in [6.45, 7) is 4.13. The average Bonchev–Trinajstić information content (AvgIpc) is 3.08. The summed E-state index contributed by atoms with van der Waals surface area (Å²) in [6, 6.07) is 12.1. The molecule has 0 saturated carbocycles. The number of anilines is 5. The number of aryl methyl sites for hydroxylation is 1. The molecule has 4 rings (SSSR count). The molecule has 0 amide bonds. The molecule has 0 spiro atoms. The van der Waals surface area contributed by atoms with Gasteiger partial charge in [-0.3, -0.25) is 0 Å². The van der Waals surface area contributed by atoms with Crippen molar-refractivity contribution in [3.8, 4) is 0 Å². The Morgan fingerprint density at radius 1 is 0.962 bits per heavy atom. The van der Waals surface area contributed by atoms with Gasteiger partial charge in [0.05, 0.1) is 0 Å². The zero-order chi connectivity index (χ0) is 17.8. The van der Waals surface area contributed by atoms with Crippen molar-refractivity contribution in [1.82, 2.24) is 15.1 Å². The first-order chi connectivity index (χ1) is 12.8. The van der Waals surface area contributed by atoms with E-state index < -0.39 is 0 Å². The Kier molecular flexibility index (Phi) is 4.68. The minimum Gasteiger partial charge on any atom is -0.372 e. The van der Waals surface area contributed by atoms with Crippen molar-refractivity contribution in [1.29, 1.82) is 0 Å². The number of hydrogen-bond acceptors (Lipinski definition) is 7. The second kappa shape index (κ2) is 7.43. The molecule has 0 unspecified atom stereocenters. The molecular formula is C19H22N6O. The van der Waals surface area contributed by atoms with Crippen molar-refractivity contribution >= 4 is 29.0 Å². The van der Waals surface area contributed by atoms with E-state index in [9.17, 15) is 0 Å². The predicted molar refractivity (Wildman–Crippen MR) is 102 cm³/mol. The van der Waals surface area contributed by atoms with Gasteiger partial charge in [-0.15, -0.1) is 0 Å². The van der Waals surface area contributed by atoms with Crippen molar-refractivity contribution in [3.05, 3.63) is 48.4 Å². The van der Waals surface area contributed by atoms with Gasteiger partial charge in [0, 0.05) is 36.7 Å². The normalized spacial score (nSPS) is 14.3. The fraction of sp³-hybridized carbons (Fsp3) is 0.316. The quantitative estimate of drug-likeness (QED) is 0.712. The predicted octanol–water partition coefficient (Wildman–Crippen LogP) is 4.25. The fourth-order valence-corrected chi connectivity index (χ4v) is 3.08. The molecule has 1 saturated heterocycles. The second-order valence-electron chi connectivity index (χ2n) is 6.43. The van der Waals surface area contributed by atoms with Crippen LogP contribution in [0, 0.1) is 6.92 Å². The molecule has 1 aliphatic rings. The van der Waals surface area contributed by atoms with Crippen LogP contribution < -0.4 is 15.5 Å². The molecule has 7 heteroatoms. The minimum atomic E-state index is 0.466. The number of rotatable bonds is 5. The molecule has 1 aliphatic heterocycles. The van der Waals surface area contributed by atoms with Gasteiger partial charge in [0.1, 0.15) is 11.6 Å². The van der Waals surface area contributed by atoms with Crippen molar-refractivity contribution in [2.24, 2.45) is 0 Å². The highest BCUT2D eigenvalue weighted by Gasteiger charge is 2.10. The zero-order valence-electron chi connectivity index (χ0n) is 14.8. The van der Waals surface area contributed by atoms with Crippen LogP contribution in [0.1, 0.15) is 25.0 Å². The van der Waals surface area contributed by atoms with Gasteiger partial charge in [0.25, 0.3) is 0 Å². The van der Waals surface area contributed by atoms with Crippen LogP contribution in [-0.4, -0.2) is 28.2 Å². The number of hydrogen-bond donors (Lipinski definition) is 2. The third kappa shape index (κ3) is 3.93. The fourth-order valence-electron chi connectivity index (χ4n) is 3.08. The summed E-state index contributed by atoms with van der Waals surface area (Å²) in [6.07, 6.45) is 5.60. The number of nitrogens with zero attached hydrogens (tertiary/aromatic N) is 4. The first-order valence-electron chi connectivity index (χ1n) is 8.92. The third-order valence-corrected chi connectivity index (χ3v) is 4.38. The highest BCUT2D eigenvalue weighted by Crippen LogP contribution is 2.23. The Morgan fingerprint density at radius 3 is 2.50 bits per heavy atom. The summed E-state index contributed by atoms with van der Waals surface area (Å²) in [5, 5.41) is 10.2. The van der Waals surface area contributed by atoms with Crippen molar-refractivity contribution in [2.45, 2.75) is 26.2 Å². The highest BCUT2D eigenvalue weighted by molar-refractivity contribution is 5.62. The number of nitrogens with one attached hydrogen (secondary N) is 2. The van der Waals surface area contributed by atoms with Gasteiger partial charge >= 0.3 is 0 Å². The molecule has 2 aromatic heterocycles. The third-order valence-electron chi connectivity index (χ3n) is 4.38. The molecule has 7 nitrogen and oxygen atoms in total. The smallest absolute Gasteiger partial charge is 0.230 e. The molecule has 0 aliphatic carbocycles. The van der Waals surface area contributed by atoms with Crippen LogP contribution in [0.3, 0.4) is 0 Å². The Bertz CT molecular complexity index is 854. The number of benzene rings is 1. The summed E-state index contributed by atoms with van der Waals surface area (Å²) >= 11 is 0. The lowest BCUT2D eigenvalue weighted by Gasteiger charge is -2.28. The van der Waals surface area contributed by atoms with Crippen molar-refractivity contribution in [2.75, 3.05) is 28.6 Å². The van der Waals surface area contributed by atoms with Gasteiger partial charge in [0.15, 0.2) is 5.82 Å². The summed E-state index contributed by atoms with van der Waals surface area (Å²) in [5.41, 5.74) is 2.27. The number of aromatic nitrogens is 3. The molecule has 1 aromatic carbocycles. The first-order valence-corrected chi connectivity index (χ1v) is 8.92. The second-order valence-corrected chi connectivity index (χ2v) is 6.43. The molecule has 0 bridgehead atoms. The van der Waals surface area contributed by atoms with Crippen molar-refractivity contribution in [3.63, 3.8) is 0 Å². The van der Waals surface area contributed by atoms with Gasteiger partial charge in [0.2, 0.25) is 5.95 Å². The molecule has 3 heterocycles. The molecule has 26 heavy (non-hydrogen) atoms. The lowest BCUT2D eigenvalue weighted by molar-refractivity contribution is 0.400. The van der Waals surface area contributed by atoms with Crippen LogP contribution in [0.2, 0.25) is 0 Å². The van der Waals surface area contributed by atoms with Gasteiger partial charge < -0.3 is 20.1 Å². The lowest BCUT2D eigenvalue weighted by atomic mass is 10.1. The minimum absolute atomic E-state index is 0.466. The van der Waals surface area contributed by atoms with Gasteiger partial charge in [-0.05, 0) is 56.5 Å². The highest BCUT2D eigenvalue weighted by atomic mass is 16.5. The standard InChI is InChI=1S/C19H22N6O/c1-14-13-18(24-26-14)23-19-20-10-9-17(22-19)21-15-5-7-16(8-6-15)25-11-3-2-4-12-25/h5-10,13H,2-4,11-12H2,1H3,(H2,20,21,22,23,24). The monoisotopic (exact) mass is 350 g/mol. The molecule has 0 radical (unpaired) electrons. The largest absolute Gasteiger partial charge is 0.372 e. The van der Waals surface area contributed by atoms with Gasteiger partial charge in [-0.2, -0.15) is 4.98 Å². The van der Waals surface area contributed by atoms with Crippen molar-refractivity contribution < 1.29 is 4.52 Å².